The molecule has 1 heterocycles. The summed E-state index contributed by atoms with van der Waals surface area (Å²) in [6, 6.07) is 4.91. The van der Waals surface area contributed by atoms with Crippen LogP contribution in [0.25, 0.3) is 11.1 Å². The van der Waals surface area contributed by atoms with Gasteiger partial charge in [0.05, 0.1) is 24.7 Å². The molecule has 0 aliphatic carbocycles. The molecule has 0 unspecified atom stereocenters. The summed E-state index contributed by atoms with van der Waals surface area (Å²) in [6.07, 6.45) is -1.55. The fraction of sp³-hybridized carbons (Fsp3) is 0.231. The molecule has 0 bridgehead atoms. The van der Waals surface area contributed by atoms with E-state index in [0.717, 1.165) is 12.1 Å². The Morgan fingerprint density at radius 2 is 2.05 bits per heavy atom. The monoisotopic (exact) mass is 284 g/mol. The number of hydrogen-bond acceptors (Lipinski definition) is 2. The lowest BCUT2D eigenvalue weighted by Gasteiger charge is -2.07. The second-order valence-corrected chi connectivity index (χ2v) is 4.21. The zero-order valence-electron chi connectivity index (χ0n) is 10.3. The van der Waals surface area contributed by atoms with Gasteiger partial charge in [0, 0.05) is 11.8 Å². The fourth-order valence-corrected chi connectivity index (χ4v) is 1.72. The molecule has 20 heavy (non-hydrogen) atoms. The van der Waals surface area contributed by atoms with Crippen LogP contribution in [0.1, 0.15) is 12.0 Å². The molecule has 0 aliphatic rings. The van der Waals surface area contributed by atoms with Gasteiger partial charge in [0.2, 0.25) is 0 Å². The number of benzene rings is 1. The van der Waals surface area contributed by atoms with Crippen molar-refractivity contribution in [2.45, 2.75) is 19.1 Å². The quantitative estimate of drug-likeness (QED) is 0.938. The Kier molecular flexibility index (Phi) is 3.78. The van der Waals surface area contributed by atoms with Gasteiger partial charge in [-0.3, -0.25) is 9.48 Å². The molecule has 0 radical (unpaired) electrons. The van der Waals surface area contributed by atoms with Gasteiger partial charge in [-0.25, -0.2) is 0 Å². The van der Waals surface area contributed by atoms with Crippen LogP contribution in [0.2, 0.25) is 0 Å². The third kappa shape index (κ3) is 3.37. The first-order valence-corrected chi connectivity index (χ1v) is 5.78. The smallest absolute Gasteiger partial charge is 0.416 e. The maximum absolute atomic E-state index is 12.6. The molecule has 0 saturated carbocycles. The van der Waals surface area contributed by atoms with Gasteiger partial charge in [-0.2, -0.15) is 18.3 Å². The number of alkyl halides is 3. The number of rotatable bonds is 4. The molecule has 0 fully saturated rings. The Morgan fingerprint density at radius 3 is 2.70 bits per heavy atom. The van der Waals surface area contributed by atoms with Crippen molar-refractivity contribution in [2.24, 2.45) is 0 Å². The summed E-state index contributed by atoms with van der Waals surface area (Å²) in [7, 11) is 0. The number of aliphatic carboxylic acids is 1. The molecule has 4 nitrogen and oxygen atoms in total. The average molecular weight is 284 g/mol. The first-order chi connectivity index (χ1) is 9.36. The minimum atomic E-state index is -4.39. The van der Waals surface area contributed by atoms with Crippen molar-refractivity contribution < 1.29 is 23.1 Å². The minimum Gasteiger partial charge on any atom is -0.481 e. The van der Waals surface area contributed by atoms with Gasteiger partial charge < -0.3 is 5.11 Å². The summed E-state index contributed by atoms with van der Waals surface area (Å²) < 4.78 is 39.2. The highest BCUT2D eigenvalue weighted by molar-refractivity contribution is 5.66. The number of nitrogens with zero attached hydrogens (tertiary/aromatic N) is 2. The molecule has 0 atom stereocenters. The van der Waals surface area contributed by atoms with Crippen LogP contribution >= 0.6 is 0 Å². The first kappa shape index (κ1) is 14.1. The van der Waals surface area contributed by atoms with Gasteiger partial charge >= 0.3 is 12.1 Å². The van der Waals surface area contributed by atoms with Crippen LogP contribution in [-0.2, 0) is 17.5 Å². The van der Waals surface area contributed by atoms with E-state index in [1.54, 1.807) is 6.07 Å². The second-order valence-electron chi connectivity index (χ2n) is 4.21. The van der Waals surface area contributed by atoms with E-state index in [1.165, 1.54) is 23.1 Å². The Hall–Kier alpha value is -2.31. The Balaban J connectivity index is 2.22. The maximum Gasteiger partial charge on any atom is 0.416 e. The molecule has 2 rings (SSSR count). The lowest BCUT2D eigenvalue weighted by molar-refractivity contribution is -0.138. The Morgan fingerprint density at radius 1 is 1.30 bits per heavy atom. The topological polar surface area (TPSA) is 55.1 Å². The predicted molar refractivity (Wildman–Crippen MR) is 64.9 cm³/mol. The van der Waals surface area contributed by atoms with Crippen molar-refractivity contribution in [3.05, 3.63) is 42.2 Å². The highest BCUT2D eigenvalue weighted by Gasteiger charge is 2.30. The highest BCUT2D eigenvalue weighted by Crippen LogP contribution is 2.31. The average Bonchev–Trinajstić information content (AvgIpc) is 2.84. The largest absolute Gasteiger partial charge is 0.481 e. The predicted octanol–water partition coefficient (Wildman–Crippen LogP) is 3.04. The lowest BCUT2D eigenvalue weighted by Crippen LogP contribution is -2.04. The van der Waals surface area contributed by atoms with Gasteiger partial charge in [0.1, 0.15) is 0 Å². The van der Waals surface area contributed by atoms with E-state index >= 15 is 0 Å². The summed E-state index contributed by atoms with van der Waals surface area (Å²) in [5.41, 5.74) is 0.177. The van der Waals surface area contributed by atoms with E-state index in [1.807, 2.05) is 0 Å². The van der Waals surface area contributed by atoms with Crippen LogP contribution in [0, 0.1) is 0 Å². The minimum absolute atomic E-state index is 0.0935. The molecule has 0 amide bonds. The molecular weight excluding hydrogens is 273 g/mol. The van der Waals surface area contributed by atoms with Crippen LogP contribution in [0.5, 0.6) is 0 Å². The summed E-state index contributed by atoms with van der Waals surface area (Å²) in [4.78, 5) is 10.4. The summed E-state index contributed by atoms with van der Waals surface area (Å²) >= 11 is 0. The Bertz CT molecular complexity index is 620. The number of aryl methyl sites for hydroxylation is 1. The number of halogens is 3. The molecule has 7 heteroatoms. The van der Waals surface area contributed by atoms with E-state index in [0.29, 0.717) is 11.1 Å². The normalized spacial score (nSPS) is 11.6. The zero-order valence-corrected chi connectivity index (χ0v) is 10.3. The van der Waals surface area contributed by atoms with Crippen molar-refractivity contribution in [1.29, 1.82) is 0 Å². The summed E-state index contributed by atoms with van der Waals surface area (Å²) in [6.45, 7) is 0.175. The number of carboxylic acid groups (broad SMARTS) is 1. The van der Waals surface area contributed by atoms with Crippen LogP contribution in [-0.4, -0.2) is 20.9 Å². The van der Waals surface area contributed by atoms with Gasteiger partial charge in [-0.05, 0) is 17.7 Å². The number of hydrogen-bond donors (Lipinski definition) is 1. The van der Waals surface area contributed by atoms with Gasteiger partial charge in [0.25, 0.3) is 0 Å². The van der Waals surface area contributed by atoms with Crippen molar-refractivity contribution >= 4 is 5.97 Å². The Labute approximate surface area is 112 Å². The number of carbonyl (C=O) groups is 1. The van der Waals surface area contributed by atoms with Gasteiger partial charge in [0.15, 0.2) is 0 Å². The van der Waals surface area contributed by atoms with Crippen LogP contribution in [0.15, 0.2) is 36.7 Å². The molecule has 0 aliphatic heterocycles. The van der Waals surface area contributed by atoms with E-state index < -0.39 is 17.7 Å². The third-order valence-electron chi connectivity index (χ3n) is 2.71. The van der Waals surface area contributed by atoms with E-state index in [4.69, 9.17) is 5.11 Å². The van der Waals surface area contributed by atoms with Gasteiger partial charge in [-0.1, -0.05) is 12.1 Å². The second kappa shape index (κ2) is 5.36. The third-order valence-corrected chi connectivity index (χ3v) is 2.71. The fourth-order valence-electron chi connectivity index (χ4n) is 1.72. The molecule has 0 spiro atoms. The molecule has 1 aromatic heterocycles. The molecule has 1 N–H and O–H groups in total. The van der Waals surface area contributed by atoms with Crippen LogP contribution in [0.3, 0.4) is 0 Å². The highest BCUT2D eigenvalue weighted by atomic mass is 19.4. The van der Waals surface area contributed by atoms with Gasteiger partial charge in [-0.15, -0.1) is 0 Å². The molecule has 2 aromatic rings. The molecule has 1 aromatic carbocycles. The van der Waals surface area contributed by atoms with E-state index in [-0.39, 0.29) is 13.0 Å². The van der Waals surface area contributed by atoms with Crippen molar-refractivity contribution in [1.82, 2.24) is 9.78 Å². The molecule has 106 valence electrons. The van der Waals surface area contributed by atoms with E-state index in [9.17, 15) is 18.0 Å². The van der Waals surface area contributed by atoms with Crippen LogP contribution < -0.4 is 0 Å². The van der Waals surface area contributed by atoms with Crippen molar-refractivity contribution in [3.8, 4) is 11.1 Å². The van der Waals surface area contributed by atoms with E-state index in [2.05, 4.69) is 5.10 Å². The standard InChI is InChI=1S/C13H11F3N2O2/c14-13(15,16)11-3-1-2-9(6-11)10-7-17-18(8-10)5-4-12(19)20/h1-3,6-8H,4-5H2,(H,19,20). The molecule has 0 saturated heterocycles. The number of carboxylic acids is 1. The van der Waals surface area contributed by atoms with Crippen LogP contribution in [0.4, 0.5) is 13.2 Å². The lowest BCUT2D eigenvalue weighted by atomic mass is 10.1. The maximum atomic E-state index is 12.6. The molecular formula is C13H11F3N2O2. The zero-order chi connectivity index (χ0) is 14.8. The SMILES string of the molecule is O=C(O)CCn1cc(-c2cccc(C(F)(F)F)c2)cn1. The summed E-state index contributed by atoms with van der Waals surface area (Å²) in [5, 5.41) is 12.5. The summed E-state index contributed by atoms with van der Waals surface area (Å²) in [5.74, 6) is -0.957. The van der Waals surface area contributed by atoms with Crippen molar-refractivity contribution in [3.63, 3.8) is 0 Å². The number of aromatic nitrogens is 2. The first-order valence-electron chi connectivity index (χ1n) is 5.78. The van der Waals surface area contributed by atoms with Crippen molar-refractivity contribution in [2.75, 3.05) is 0 Å².